The Hall–Kier alpha value is -2.70. The molecule has 2 aromatic carbocycles. The number of nitrogens with one attached hydrogen (secondary N) is 2. The minimum atomic E-state index is -0.103. The van der Waals surface area contributed by atoms with Crippen LogP contribution in [0.4, 0.5) is 11.4 Å². The van der Waals surface area contributed by atoms with Crippen molar-refractivity contribution in [2.24, 2.45) is 0 Å². The third kappa shape index (κ3) is 7.13. The van der Waals surface area contributed by atoms with E-state index in [0.717, 1.165) is 22.5 Å². The third-order valence-electron chi connectivity index (χ3n) is 4.57. The fourth-order valence-corrected chi connectivity index (χ4v) is 2.77. The second-order valence-electron chi connectivity index (χ2n) is 6.73. The Morgan fingerprint density at radius 1 is 0.929 bits per heavy atom. The summed E-state index contributed by atoms with van der Waals surface area (Å²) in [5.41, 5.74) is 3.77. The van der Waals surface area contributed by atoms with Crippen LogP contribution in [0.25, 0.3) is 0 Å². The maximum Gasteiger partial charge on any atom is 0.238 e. The number of carbonyl (C=O) groups is 2. The zero-order chi connectivity index (χ0) is 20.4. The van der Waals surface area contributed by atoms with E-state index < -0.39 is 0 Å². The molecule has 6 heteroatoms. The lowest BCUT2D eigenvalue weighted by Gasteiger charge is -2.21. The molecule has 0 saturated heterocycles. The molecule has 0 radical (unpaired) electrons. The Morgan fingerprint density at radius 2 is 1.68 bits per heavy atom. The lowest BCUT2D eigenvalue weighted by atomic mass is 10.1. The molecule has 2 aromatic rings. The van der Waals surface area contributed by atoms with Gasteiger partial charge < -0.3 is 15.4 Å². The lowest BCUT2D eigenvalue weighted by molar-refractivity contribution is -0.119. The normalized spacial score (nSPS) is 10.7. The third-order valence-corrected chi connectivity index (χ3v) is 4.57. The molecule has 2 N–H and O–H groups in total. The zero-order valence-electron chi connectivity index (χ0n) is 16.8. The molecule has 0 heterocycles. The second-order valence-corrected chi connectivity index (χ2v) is 6.73. The molecule has 0 saturated carbocycles. The Labute approximate surface area is 166 Å². The first-order chi connectivity index (χ1) is 13.5. The van der Waals surface area contributed by atoms with Gasteiger partial charge in [0.15, 0.2) is 0 Å². The van der Waals surface area contributed by atoms with E-state index in [1.54, 1.807) is 7.11 Å². The minimum Gasteiger partial charge on any atom is -0.383 e. The van der Waals surface area contributed by atoms with Crippen LogP contribution in [-0.2, 0) is 14.3 Å². The van der Waals surface area contributed by atoms with Crippen LogP contribution in [0.5, 0.6) is 0 Å². The van der Waals surface area contributed by atoms with Gasteiger partial charge in [-0.25, -0.2) is 0 Å². The van der Waals surface area contributed by atoms with Crippen molar-refractivity contribution in [2.75, 3.05) is 44.0 Å². The number of amides is 2. The Bertz CT molecular complexity index is 778. The van der Waals surface area contributed by atoms with Gasteiger partial charge in [0.1, 0.15) is 0 Å². The van der Waals surface area contributed by atoms with Gasteiger partial charge in [0, 0.05) is 38.0 Å². The summed E-state index contributed by atoms with van der Waals surface area (Å²) in [5.74, 6) is -0.183. The second kappa shape index (κ2) is 11.2. The summed E-state index contributed by atoms with van der Waals surface area (Å²) in [5, 5.41) is 5.83. The van der Waals surface area contributed by atoms with E-state index in [2.05, 4.69) is 10.6 Å². The Morgan fingerprint density at radius 3 is 2.39 bits per heavy atom. The molecule has 6 nitrogen and oxygen atoms in total. The van der Waals surface area contributed by atoms with Crippen LogP contribution in [-0.4, -0.2) is 50.1 Å². The molecule has 150 valence electrons. The van der Waals surface area contributed by atoms with Gasteiger partial charge in [0.25, 0.3) is 0 Å². The van der Waals surface area contributed by atoms with Crippen molar-refractivity contribution in [1.29, 1.82) is 0 Å². The van der Waals surface area contributed by atoms with Crippen molar-refractivity contribution < 1.29 is 14.3 Å². The number of benzene rings is 2. The molecule has 0 atom stereocenters. The summed E-state index contributed by atoms with van der Waals surface area (Å²) in [6, 6.07) is 15.2. The highest BCUT2D eigenvalue weighted by molar-refractivity contribution is 5.93. The van der Waals surface area contributed by atoms with Crippen molar-refractivity contribution in [2.45, 2.75) is 20.3 Å². The summed E-state index contributed by atoms with van der Waals surface area (Å²) >= 11 is 0. The summed E-state index contributed by atoms with van der Waals surface area (Å²) in [4.78, 5) is 26.6. The van der Waals surface area contributed by atoms with E-state index in [9.17, 15) is 9.59 Å². The number of carbonyl (C=O) groups excluding carboxylic acids is 2. The number of aryl methyl sites for hydroxylation is 1. The monoisotopic (exact) mass is 383 g/mol. The first-order valence-corrected chi connectivity index (χ1v) is 9.42. The van der Waals surface area contributed by atoms with Crippen molar-refractivity contribution in [3.63, 3.8) is 0 Å². The van der Waals surface area contributed by atoms with E-state index in [1.807, 2.05) is 67.3 Å². The average Bonchev–Trinajstić information content (AvgIpc) is 2.68. The van der Waals surface area contributed by atoms with Crippen molar-refractivity contribution in [1.82, 2.24) is 4.90 Å². The summed E-state index contributed by atoms with van der Waals surface area (Å²) < 4.78 is 5.14. The molecule has 0 aliphatic carbocycles. The van der Waals surface area contributed by atoms with Crippen molar-refractivity contribution in [3.05, 3.63) is 59.7 Å². The van der Waals surface area contributed by atoms with Crippen LogP contribution in [0.3, 0.4) is 0 Å². The number of rotatable bonds is 10. The average molecular weight is 383 g/mol. The highest BCUT2D eigenvalue weighted by Crippen LogP contribution is 2.17. The fraction of sp³-hybridized carbons (Fsp3) is 0.364. The van der Waals surface area contributed by atoms with Crippen LogP contribution in [0, 0.1) is 13.8 Å². The Kier molecular flexibility index (Phi) is 8.65. The molecule has 0 aliphatic rings. The van der Waals surface area contributed by atoms with Gasteiger partial charge in [-0.15, -0.1) is 0 Å². The van der Waals surface area contributed by atoms with Crippen LogP contribution in [0.15, 0.2) is 48.5 Å². The molecule has 0 bridgehead atoms. The van der Waals surface area contributed by atoms with Gasteiger partial charge in [-0.2, -0.15) is 0 Å². The topological polar surface area (TPSA) is 70.7 Å². The van der Waals surface area contributed by atoms with Crippen LogP contribution in [0.2, 0.25) is 0 Å². The van der Waals surface area contributed by atoms with Crippen molar-refractivity contribution >= 4 is 23.2 Å². The summed E-state index contributed by atoms with van der Waals surface area (Å²) in [6.07, 6.45) is 0.301. The number of ether oxygens (including phenoxy) is 1. The van der Waals surface area contributed by atoms with E-state index >= 15 is 0 Å². The predicted molar refractivity (Wildman–Crippen MR) is 113 cm³/mol. The maximum absolute atomic E-state index is 12.5. The van der Waals surface area contributed by atoms with Crippen LogP contribution >= 0.6 is 0 Å². The standard InChI is InChI=1S/C22H29N3O3/c1-17-8-7-11-20(18(17)2)24-22(27)16-25(14-15-28-3)13-12-21(26)23-19-9-5-4-6-10-19/h4-11H,12-16H2,1-3H3,(H,23,26)(H,24,27). The number of hydrogen-bond acceptors (Lipinski definition) is 4. The molecule has 0 fully saturated rings. The molecular formula is C22H29N3O3. The molecule has 0 spiro atoms. The number of methoxy groups -OCH3 is 1. The van der Waals surface area contributed by atoms with Gasteiger partial charge in [-0.3, -0.25) is 14.5 Å². The largest absolute Gasteiger partial charge is 0.383 e. The van der Waals surface area contributed by atoms with Crippen LogP contribution in [0.1, 0.15) is 17.5 Å². The molecule has 2 amide bonds. The van der Waals surface area contributed by atoms with E-state index in [1.165, 1.54) is 0 Å². The molecule has 0 unspecified atom stereocenters. The van der Waals surface area contributed by atoms with Gasteiger partial charge >= 0.3 is 0 Å². The molecule has 2 rings (SSSR count). The number of para-hydroxylation sites is 1. The highest BCUT2D eigenvalue weighted by atomic mass is 16.5. The first-order valence-electron chi connectivity index (χ1n) is 9.42. The maximum atomic E-state index is 12.5. The van der Waals surface area contributed by atoms with E-state index in [0.29, 0.717) is 26.1 Å². The molecule has 0 aliphatic heterocycles. The number of hydrogen-bond donors (Lipinski definition) is 2. The van der Waals surface area contributed by atoms with Gasteiger partial charge in [0.2, 0.25) is 11.8 Å². The van der Waals surface area contributed by atoms with Crippen LogP contribution < -0.4 is 10.6 Å². The zero-order valence-corrected chi connectivity index (χ0v) is 16.8. The van der Waals surface area contributed by atoms with Gasteiger partial charge in [0.05, 0.1) is 13.2 Å². The molecule has 28 heavy (non-hydrogen) atoms. The number of anilines is 2. The quantitative estimate of drug-likeness (QED) is 0.661. The minimum absolute atomic E-state index is 0.0800. The van der Waals surface area contributed by atoms with Crippen molar-refractivity contribution in [3.8, 4) is 0 Å². The lowest BCUT2D eigenvalue weighted by Crippen LogP contribution is -2.37. The molecular weight excluding hydrogens is 354 g/mol. The number of nitrogens with zero attached hydrogens (tertiary/aromatic N) is 1. The Balaban J connectivity index is 1.88. The summed E-state index contributed by atoms with van der Waals surface area (Å²) in [7, 11) is 1.62. The predicted octanol–water partition coefficient (Wildman–Crippen LogP) is 3.22. The SMILES string of the molecule is COCCN(CCC(=O)Nc1ccccc1)CC(=O)Nc1cccc(C)c1C. The van der Waals surface area contributed by atoms with Gasteiger partial charge in [-0.1, -0.05) is 30.3 Å². The van der Waals surface area contributed by atoms with Gasteiger partial charge in [-0.05, 0) is 43.2 Å². The smallest absolute Gasteiger partial charge is 0.238 e. The van der Waals surface area contributed by atoms with E-state index in [4.69, 9.17) is 4.74 Å². The molecule has 0 aromatic heterocycles. The first kappa shape index (κ1) is 21.6. The summed E-state index contributed by atoms with van der Waals surface area (Å²) in [6.45, 7) is 5.76. The van der Waals surface area contributed by atoms with E-state index in [-0.39, 0.29) is 18.4 Å². The highest BCUT2D eigenvalue weighted by Gasteiger charge is 2.14. The fourth-order valence-electron chi connectivity index (χ4n) is 2.77.